The minimum atomic E-state index is -1.08. The lowest BCUT2D eigenvalue weighted by Crippen LogP contribution is -2.64. The third-order valence-electron chi connectivity index (χ3n) is 6.92. The Morgan fingerprint density at radius 1 is 1.18 bits per heavy atom. The molecule has 1 unspecified atom stereocenters. The van der Waals surface area contributed by atoms with Gasteiger partial charge in [0.25, 0.3) is 11.8 Å². The van der Waals surface area contributed by atoms with Crippen LogP contribution in [0.4, 0.5) is 0 Å². The summed E-state index contributed by atoms with van der Waals surface area (Å²) in [7, 11) is 0. The Hall–Kier alpha value is -3.56. The summed E-state index contributed by atoms with van der Waals surface area (Å²) in [4.78, 5) is 40.9. The number of rotatable bonds is 6. The van der Waals surface area contributed by atoms with E-state index in [1.54, 1.807) is 17.9 Å². The second kappa shape index (κ2) is 8.66. The number of carbonyl (C=O) groups excluding carboxylic acids is 3. The molecule has 0 bridgehead atoms. The molecular weight excluding hydrogens is 438 g/mol. The monoisotopic (exact) mass is 467 g/mol. The lowest BCUT2D eigenvalue weighted by Gasteiger charge is -2.43. The molecule has 5 rings (SSSR count). The molecule has 2 aromatic rings. The highest BCUT2D eigenvalue weighted by Gasteiger charge is 2.48. The number of carbonyl (C=O) groups is 3. The predicted molar refractivity (Wildman–Crippen MR) is 121 cm³/mol. The molecule has 1 aromatic heterocycles. The summed E-state index contributed by atoms with van der Waals surface area (Å²) >= 11 is 0. The highest BCUT2D eigenvalue weighted by molar-refractivity contribution is 6.01. The fourth-order valence-corrected chi connectivity index (χ4v) is 4.98. The van der Waals surface area contributed by atoms with Crippen molar-refractivity contribution in [1.82, 2.24) is 25.3 Å². The van der Waals surface area contributed by atoms with Crippen molar-refractivity contribution < 1.29 is 23.9 Å². The van der Waals surface area contributed by atoms with Crippen molar-refractivity contribution in [3.8, 4) is 11.5 Å². The molecule has 2 N–H and O–H groups in total. The number of aromatic nitrogens is 2. The number of hydrogen-bond acceptors (Lipinski definition) is 6. The van der Waals surface area contributed by atoms with Gasteiger partial charge in [-0.25, -0.2) is 0 Å². The van der Waals surface area contributed by atoms with Gasteiger partial charge in [-0.05, 0) is 44.4 Å². The first kappa shape index (κ1) is 22.2. The van der Waals surface area contributed by atoms with E-state index in [1.807, 2.05) is 19.1 Å². The first-order chi connectivity index (χ1) is 16.4. The zero-order valence-electron chi connectivity index (χ0n) is 19.4. The third-order valence-corrected chi connectivity index (χ3v) is 6.92. The normalized spacial score (nSPS) is 21.5. The maximum atomic E-state index is 13.3. The molecule has 1 atom stereocenters. The summed E-state index contributed by atoms with van der Waals surface area (Å²) in [5, 5.41) is 10.3. The second-order valence-electron chi connectivity index (χ2n) is 9.22. The van der Waals surface area contributed by atoms with Crippen molar-refractivity contribution in [3.63, 3.8) is 0 Å². The average Bonchev–Trinajstić information content (AvgIpc) is 3.58. The van der Waals surface area contributed by atoms with Gasteiger partial charge < -0.3 is 25.0 Å². The number of amides is 3. The van der Waals surface area contributed by atoms with E-state index in [0.717, 1.165) is 31.2 Å². The summed E-state index contributed by atoms with van der Waals surface area (Å²) in [6, 6.07) is 7.11. The van der Waals surface area contributed by atoms with Crippen molar-refractivity contribution in [2.45, 2.75) is 64.2 Å². The van der Waals surface area contributed by atoms with Gasteiger partial charge in [0.1, 0.15) is 11.2 Å². The Balaban J connectivity index is 1.31. The first-order valence-corrected chi connectivity index (χ1v) is 11.8. The van der Waals surface area contributed by atoms with Gasteiger partial charge in [-0.15, -0.1) is 0 Å². The Morgan fingerprint density at radius 3 is 2.71 bits per heavy atom. The quantitative estimate of drug-likeness (QED) is 0.670. The summed E-state index contributed by atoms with van der Waals surface area (Å²) in [5.74, 6) is 0.442. The van der Waals surface area contributed by atoms with Crippen LogP contribution in [0.15, 0.2) is 24.3 Å². The van der Waals surface area contributed by atoms with Crippen LogP contribution in [-0.4, -0.2) is 57.3 Å². The molecule has 3 aliphatic rings. The Bertz CT molecular complexity index is 1140. The SMILES string of the molecule is CCN1C(=O)c2cc(C(=O)NCc3ccc4c(c3)OCO4)nn2CC1(C)C(=O)NC1CCCC1. The van der Waals surface area contributed by atoms with Crippen LogP contribution in [0.25, 0.3) is 0 Å². The molecule has 2 aliphatic heterocycles. The second-order valence-corrected chi connectivity index (χ2v) is 9.22. The molecule has 10 nitrogen and oxygen atoms in total. The van der Waals surface area contributed by atoms with Crippen molar-refractivity contribution in [1.29, 1.82) is 0 Å². The van der Waals surface area contributed by atoms with Crippen molar-refractivity contribution in [2.75, 3.05) is 13.3 Å². The molecule has 0 saturated heterocycles. The van der Waals surface area contributed by atoms with Gasteiger partial charge in [-0.3, -0.25) is 19.1 Å². The predicted octanol–water partition coefficient (Wildman–Crippen LogP) is 1.83. The summed E-state index contributed by atoms with van der Waals surface area (Å²) < 4.78 is 12.2. The topological polar surface area (TPSA) is 115 Å². The van der Waals surface area contributed by atoms with E-state index >= 15 is 0 Å². The zero-order chi connectivity index (χ0) is 23.9. The van der Waals surface area contributed by atoms with Gasteiger partial charge in [0, 0.05) is 25.2 Å². The van der Waals surface area contributed by atoms with E-state index in [9.17, 15) is 14.4 Å². The number of benzene rings is 1. The number of likely N-dealkylation sites (N-methyl/N-ethyl adjacent to an activating group) is 1. The Labute approximate surface area is 197 Å². The van der Waals surface area contributed by atoms with Gasteiger partial charge >= 0.3 is 0 Å². The van der Waals surface area contributed by atoms with Gasteiger partial charge in [-0.2, -0.15) is 5.10 Å². The lowest BCUT2D eigenvalue weighted by atomic mass is 9.94. The summed E-state index contributed by atoms with van der Waals surface area (Å²) in [5.41, 5.74) is 0.223. The maximum Gasteiger partial charge on any atom is 0.273 e. The van der Waals surface area contributed by atoms with Crippen LogP contribution in [0.1, 0.15) is 66.1 Å². The molecule has 1 aliphatic carbocycles. The van der Waals surface area contributed by atoms with Crippen LogP contribution in [0.3, 0.4) is 0 Å². The lowest BCUT2D eigenvalue weighted by molar-refractivity contribution is -0.133. The minimum Gasteiger partial charge on any atom is -0.454 e. The molecule has 3 heterocycles. The molecule has 1 fully saturated rings. The number of nitrogens with zero attached hydrogens (tertiary/aromatic N) is 3. The molecule has 0 spiro atoms. The van der Waals surface area contributed by atoms with Crippen LogP contribution in [0, 0.1) is 0 Å². The van der Waals surface area contributed by atoms with Gasteiger partial charge in [0.15, 0.2) is 17.2 Å². The molecule has 3 amide bonds. The Kier molecular flexibility index (Phi) is 5.66. The first-order valence-electron chi connectivity index (χ1n) is 11.8. The van der Waals surface area contributed by atoms with Gasteiger partial charge in [0.2, 0.25) is 12.7 Å². The molecule has 180 valence electrons. The van der Waals surface area contributed by atoms with E-state index in [0.29, 0.717) is 23.7 Å². The third kappa shape index (κ3) is 3.86. The van der Waals surface area contributed by atoms with Crippen molar-refractivity contribution in [2.24, 2.45) is 0 Å². The molecule has 0 radical (unpaired) electrons. The highest BCUT2D eigenvalue weighted by Crippen LogP contribution is 2.32. The number of hydrogen-bond donors (Lipinski definition) is 2. The zero-order valence-corrected chi connectivity index (χ0v) is 19.4. The van der Waals surface area contributed by atoms with Crippen molar-refractivity contribution >= 4 is 17.7 Å². The van der Waals surface area contributed by atoms with Crippen LogP contribution in [0.5, 0.6) is 11.5 Å². The fraction of sp³-hybridized carbons (Fsp3) is 0.500. The number of nitrogens with one attached hydrogen (secondary N) is 2. The average molecular weight is 468 g/mol. The Morgan fingerprint density at radius 2 is 1.94 bits per heavy atom. The minimum absolute atomic E-state index is 0.139. The van der Waals surface area contributed by atoms with E-state index in [-0.39, 0.29) is 43.4 Å². The van der Waals surface area contributed by atoms with Crippen LogP contribution in [-0.2, 0) is 17.9 Å². The van der Waals surface area contributed by atoms with Crippen molar-refractivity contribution in [3.05, 3.63) is 41.2 Å². The van der Waals surface area contributed by atoms with Gasteiger partial charge in [-0.1, -0.05) is 18.9 Å². The van der Waals surface area contributed by atoms with E-state index in [4.69, 9.17) is 9.47 Å². The van der Waals surface area contributed by atoms with E-state index in [2.05, 4.69) is 15.7 Å². The maximum absolute atomic E-state index is 13.3. The van der Waals surface area contributed by atoms with E-state index < -0.39 is 11.4 Å². The fourth-order valence-electron chi connectivity index (χ4n) is 4.98. The number of fused-ring (bicyclic) bond motifs is 2. The molecular formula is C24H29N5O5. The summed E-state index contributed by atoms with van der Waals surface area (Å²) in [6.45, 7) is 4.65. The molecule has 10 heteroatoms. The smallest absolute Gasteiger partial charge is 0.273 e. The van der Waals surface area contributed by atoms with E-state index in [1.165, 1.54) is 10.7 Å². The van der Waals surface area contributed by atoms with Gasteiger partial charge in [0.05, 0.1) is 6.54 Å². The number of ether oxygens (including phenoxy) is 2. The largest absolute Gasteiger partial charge is 0.454 e. The summed E-state index contributed by atoms with van der Waals surface area (Å²) in [6.07, 6.45) is 4.13. The highest BCUT2D eigenvalue weighted by atomic mass is 16.7. The standard InChI is InChI=1S/C24H29N5O5/c1-3-28-22(31)18-11-17(21(30)25-12-15-8-9-19-20(10-15)34-14-33-19)27-29(18)13-24(28,2)23(32)26-16-6-4-5-7-16/h8-11,16H,3-7,12-14H2,1-2H3,(H,25,30)(H,26,32). The van der Waals surface area contributed by atoms with Crippen LogP contribution >= 0.6 is 0 Å². The van der Waals surface area contributed by atoms with Crippen LogP contribution in [0.2, 0.25) is 0 Å². The molecule has 1 aromatic carbocycles. The molecule has 34 heavy (non-hydrogen) atoms. The van der Waals surface area contributed by atoms with Crippen LogP contribution < -0.4 is 20.1 Å². The molecule has 1 saturated carbocycles.